The third-order valence-corrected chi connectivity index (χ3v) is 3.07. The second kappa shape index (κ2) is 8.52. The Bertz CT molecular complexity index is 678. The molecule has 2 aromatic rings. The number of carbonyl (C=O) groups excluding carboxylic acids is 3. The van der Waals surface area contributed by atoms with Crippen LogP contribution in [0.2, 0.25) is 0 Å². The van der Waals surface area contributed by atoms with Crippen LogP contribution in [0.4, 0.5) is 0 Å². The van der Waals surface area contributed by atoms with E-state index in [9.17, 15) is 14.4 Å². The van der Waals surface area contributed by atoms with Gasteiger partial charge in [-0.05, 0) is 43.3 Å². The predicted octanol–water partition coefficient (Wildman–Crippen LogP) is 1.72. The Morgan fingerprint density at radius 1 is 1.25 bits per heavy atom. The lowest BCUT2D eigenvalue weighted by atomic mass is 10.2. The maximum Gasteiger partial charge on any atom is 0.344 e. The van der Waals surface area contributed by atoms with Crippen molar-refractivity contribution in [2.75, 3.05) is 6.61 Å². The minimum Gasteiger partial charge on any atom is -0.482 e. The van der Waals surface area contributed by atoms with Gasteiger partial charge in [0.15, 0.2) is 12.7 Å². The molecule has 0 fully saturated rings. The van der Waals surface area contributed by atoms with Gasteiger partial charge in [0.1, 0.15) is 17.8 Å². The fourth-order valence-corrected chi connectivity index (χ4v) is 1.80. The lowest BCUT2D eigenvalue weighted by Crippen LogP contribution is -2.36. The van der Waals surface area contributed by atoms with Gasteiger partial charge < -0.3 is 19.2 Å². The van der Waals surface area contributed by atoms with E-state index in [4.69, 9.17) is 13.9 Å². The molecule has 0 saturated heterocycles. The van der Waals surface area contributed by atoms with Crippen molar-refractivity contribution in [2.45, 2.75) is 19.6 Å². The lowest BCUT2D eigenvalue weighted by molar-refractivity contribution is -0.156. The first-order valence-corrected chi connectivity index (χ1v) is 7.26. The summed E-state index contributed by atoms with van der Waals surface area (Å²) in [6, 6.07) is 9.70. The van der Waals surface area contributed by atoms with Crippen LogP contribution >= 0.6 is 0 Å². The molecular weight excluding hydrogens is 314 g/mol. The summed E-state index contributed by atoms with van der Waals surface area (Å²) in [4.78, 5) is 34.0. The Balaban J connectivity index is 1.71. The zero-order valence-corrected chi connectivity index (χ0v) is 13.1. The topological polar surface area (TPSA) is 94.8 Å². The number of rotatable bonds is 8. The average molecular weight is 331 g/mol. The predicted molar refractivity (Wildman–Crippen MR) is 83.4 cm³/mol. The van der Waals surface area contributed by atoms with Crippen LogP contribution in [0.3, 0.4) is 0 Å². The van der Waals surface area contributed by atoms with E-state index in [1.54, 1.807) is 36.4 Å². The van der Waals surface area contributed by atoms with Crippen LogP contribution in [0, 0.1) is 0 Å². The third kappa shape index (κ3) is 5.28. The Morgan fingerprint density at radius 3 is 2.62 bits per heavy atom. The first-order valence-electron chi connectivity index (χ1n) is 7.26. The smallest absolute Gasteiger partial charge is 0.344 e. The molecule has 7 nitrogen and oxygen atoms in total. The summed E-state index contributed by atoms with van der Waals surface area (Å²) in [7, 11) is 0. The SMILES string of the molecule is C[C@H](OC(=O)COc1ccc(C=O)cc1)C(=O)NCc1ccco1. The van der Waals surface area contributed by atoms with Gasteiger partial charge in [0, 0.05) is 5.56 Å². The van der Waals surface area contributed by atoms with E-state index in [0.717, 1.165) is 0 Å². The molecular formula is C17H17NO6. The van der Waals surface area contributed by atoms with Crippen molar-refractivity contribution in [2.24, 2.45) is 0 Å². The van der Waals surface area contributed by atoms with Crippen LogP contribution in [-0.2, 0) is 20.9 Å². The van der Waals surface area contributed by atoms with Gasteiger partial charge in [0.2, 0.25) is 0 Å². The van der Waals surface area contributed by atoms with Crippen molar-refractivity contribution >= 4 is 18.2 Å². The van der Waals surface area contributed by atoms with Gasteiger partial charge in [-0.15, -0.1) is 0 Å². The summed E-state index contributed by atoms with van der Waals surface area (Å²) in [5.41, 5.74) is 0.506. The molecule has 0 aliphatic rings. The van der Waals surface area contributed by atoms with Crippen molar-refractivity contribution in [1.29, 1.82) is 0 Å². The average Bonchev–Trinajstić information content (AvgIpc) is 3.11. The Morgan fingerprint density at radius 2 is 2.00 bits per heavy atom. The number of nitrogens with one attached hydrogen (secondary N) is 1. The molecule has 0 unspecified atom stereocenters. The second-order valence-electron chi connectivity index (χ2n) is 4.90. The highest BCUT2D eigenvalue weighted by Gasteiger charge is 2.18. The molecule has 7 heteroatoms. The van der Waals surface area contributed by atoms with Gasteiger partial charge in [-0.25, -0.2) is 4.79 Å². The van der Waals surface area contributed by atoms with Crippen molar-refractivity contribution in [3.05, 3.63) is 54.0 Å². The highest BCUT2D eigenvalue weighted by molar-refractivity contribution is 5.83. The van der Waals surface area contributed by atoms with Gasteiger partial charge in [-0.2, -0.15) is 0 Å². The van der Waals surface area contributed by atoms with E-state index in [1.807, 2.05) is 0 Å². The van der Waals surface area contributed by atoms with E-state index >= 15 is 0 Å². The summed E-state index contributed by atoms with van der Waals surface area (Å²) in [6.45, 7) is 1.35. The van der Waals surface area contributed by atoms with E-state index < -0.39 is 18.0 Å². The molecule has 1 amide bonds. The molecule has 1 N–H and O–H groups in total. The highest BCUT2D eigenvalue weighted by atomic mass is 16.6. The highest BCUT2D eigenvalue weighted by Crippen LogP contribution is 2.11. The molecule has 0 aliphatic carbocycles. The van der Waals surface area contributed by atoms with Crippen molar-refractivity contribution in [3.63, 3.8) is 0 Å². The summed E-state index contributed by atoms with van der Waals surface area (Å²) in [5.74, 6) is -0.0818. The largest absolute Gasteiger partial charge is 0.482 e. The number of ether oxygens (including phenoxy) is 2. The molecule has 0 saturated carbocycles. The molecule has 1 aromatic heterocycles. The number of carbonyl (C=O) groups is 3. The summed E-state index contributed by atoms with van der Waals surface area (Å²) in [5, 5.41) is 2.59. The zero-order valence-electron chi connectivity index (χ0n) is 13.1. The summed E-state index contributed by atoms with van der Waals surface area (Å²) in [6.07, 6.45) is 1.26. The van der Waals surface area contributed by atoms with Crippen molar-refractivity contribution in [3.8, 4) is 5.75 Å². The number of furan rings is 1. The molecule has 0 bridgehead atoms. The quantitative estimate of drug-likeness (QED) is 0.584. The number of benzene rings is 1. The molecule has 2 rings (SSSR count). The first-order chi connectivity index (χ1) is 11.6. The van der Waals surface area contributed by atoms with Gasteiger partial charge in [0.05, 0.1) is 12.8 Å². The summed E-state index contributed by atoms with van der Waals surface area (Å²) < 4.78 is 15.3. The van der Waals surface area contributed by atoms with Crippen LogP contribution < -0.4 is 10.1 Å². The normalized spacial score (nSPS) is 11.4. The molecule has 1 aromatic carbocycles. The number of aldehydes is 1. The molecule has 0 aliphatic heterocycles. The van der Waals surface area contributed by atoms with E-state index in [0.29, 0.717) is 23.4 Å². The fraction of sp³-hybridized carbons (Fsp3) is 0.235. The molecule has 0 spiro atoms. The van der Waals surface area contributed by atoms with Crippen LogP contribution in [0.1, 0.15) is 23.0 Å². The Hall–Kier alpha value is -3.09. The minimum atomic E-state index is -0.950. The van der Waals surface area contributed by atoms with E-state index in [1.165, 1.54) is 13.2 Å². The monoisotopic (exact) mass is 331 g/mol. The van der Waals surface area contributed by atoms with Crippen molar-refractivity contribution < 1.29 is 28.3 Å². The van der Waals surface area contributed by atoms with Gasteiger partial charge in [-0.3, -0.25) is 9.59 Å². The molecule has 0 radical (unpaired) electrons. The van der Waals surface area contributed by atoms with Gasteiger partial charge >= 0.3 is 5.97 Å². The standard InChI is InChI=1S/C17H17NO6/c1-12(17(21)18-9-15-3-2-8-22-15)24-16(20)11-23-14-6-4-13(10-19)5-7-14/h2-8,10,12H,9,11H2,1H3,(H,18,21)/t12-/m0/s1. The second-order valence-corrected chi connectivity index (χ2v) is 4.90. The Labute approximate surface area is 138 Å². The number of hydrogen-bond donors (Lipinski definition) is 1. The fourth-order valence-electron chi connectivity index (χ4n) is 1.80. The van der Waals surface area contributed by atoms with Gasteiger partial charge in [0.25, 0.3) is 5.91 Å². The van der Waals surface area contributed by atoms with Crippen LogP contribution in [0.25, 0.3) is 0 Å². The molecule has 1 atom stereocenters. The molecule has 126 valence electrons. The van der Waals surface area contributed by atoms with Crippen LogP contribution in [-0.4, -0.2) is 30.9 Å². The first kappa shape index (κ1) is 17.3. The maximum absolute atomic E-state index is 11.8. The lowest BCUT2D eigenvalue weighted by Gasteiger charge is -2.13. The zero-order chi connectivity index (χ0) is 17.4. The maximum atomic E-state index is 11.8. The van der Waals surface area contributed by atoms with Crippen LogP contribution in [0.5, 0.6) is 5.75 Å². The van der Waals surface area contributed by atoms with E-state index in [-0.39, 0.29) is 13.2 Å². The number of hydrogen-bond acceptors (Lipinski definition) is 6. The number of esters is 1. The number of amides is 1. The minimum absolute atomic E-state index is 0.216. The molecule has 24 heavy (non-hydrogen) atoms. The third-order valence-electron chi connectivity index (χ3n) is 3.07. The van der Waals surface area contributed by atoms with E-state index in [2.05, 4.69) is 5.32 Å². The summed E-state index contributed by atoms with van der Waals surface area (Å²) >= 11 is 0. The van der Waals surface area contributed by atoms with Crippen LogP contribution in [0.15, 0.2) is 47.1 Å². The molecule has 1 heterocycles. The van der Waals surface area contributed by atoms with Crippen molar-refractivity contribution in [1.82, 2.24) is 5.32 Å². The Kier molecular flexibility index (Phi) is 6.13. The van der Waals surface area contributed by atoms with Gasteiger partial charge in [-0.1, -0.05) is 0 Å².